The molecule has 124 valence electrons. The lowest BCUT2D eigenvalue weighted by atomic mass is 10.3. The van der Waals surface area contributed by atoms with Gasteiger partial charge in [-0.3, -0.25) is 9.69 Å². The third-order valence-electron chi connectivity index (χ3n) is 3.75. The number of hydrogen-bond donors (Lipinski definition) is 1. The highest BCUT2D eigenvalue weighted by Gasteiger charge is 2.30. The van der Waals surface area contributed by atoms with Gasteiger partial charge in [-0.2, -0.15) is 0 Å². The Hall–Kier alpha value is -3.09. The minimum absolute atomic E-state index is 0.00205. The standard InChI is InChI=1S/C17H18N4O3/c1-24-14-7-5-13(6-8-14)21-11-10-20(17(21)23)12-16(22)19-15-4-2-3-9-18-15/h2-9H,10-12H2,1H3,(H,18,19,22). The van der Waals surface area contributed by atoms with Crippen molar-refractivity contribution in [3.63, 3.8) is 0 Å². The lowest BCUT2D eigenvalue weighted by Crippen LogP contribution is -2.37. The molecule has 0 atom stereocenters. The van der Waals surface area contributed by atoms with Gasteiger partial charge < -0.3 is 15.0 Å². The largest absolute Gasteiger partial charge is 0.497 e. The summed E-state index contributed by atoms with van der Waals surface area (Å²) in [5.41, 5.74) is 0.786. The zero-order valence-corrected chi connectivity index (χ0v) is 13.3. The molecule has 3 rings (SSSR count). The molecule has 1 aliphatic rings. The van der Waals surface area contributed by atoms with E-state index < -0.39 is 0 Å². The van der Waals surface area contributed by atoms with Gasteiger partial charge in [-0.15, -0.1) is 0 Å². The second-order valence-corrected chi connectivity index (χ2v) is 5.32. The van der Waals surface area contributed by atoms with E-state index in [4.69, 9.17) is 4.74 Å². The number of rotatable bonds is 5. The fourth-order valence-corrected chi connectivity index (χ4v) is 2.52. The molecule has 1 aromatic carbocycles. The van der Waals surface area contributed by atoms with Crippen molar-refractivity contribution in [1.82, 2.24) is 9.88 Å². The highest BCUT2D eigenvalue weighted by molar-refractivity contribution is 5.99. The van der Waals surface area contributed by atoms with E-state index in [1.165, 1.54) is 4.90 Å². The van der Waals surface area contributed by atoms with Crippen molar-refractivity contribution in [3.8, 4) is 5.75 Å². The maximum Gasteiger partial charge on any atom is 0.325 e. The van der Waals surface area contributed by atoms with Crippen LogP contribution in [-0.2, 0) is 4.79 Å². The number of urea groups is 1. The Kier molecular flexibility index (Phi) is 4.60. The molecule has 3 amide bonds. The number of methoxy groups -OCH3 is 1. The third kappa shape index (κ3) is 3.45. The Labute approximate surface area is 139 Å². The quantitative estimate of drug-likeness (QED) is 0.911. The first kappa shape index (κ1) is 15.8. The normalized spacial score (nSPS) is 14.0. The summed E-state index contributed by atoms with van der Waals surface area (Å²) in [6.45, 7) is 1.05. The number of carbonyl (C=O) groups is 2. The molecule has 1 fully saturated rings. The first-order chi connectivity index (χ1) is 11.7. The van der Waals surface area contributed by atoms with Crippen molar-refractivity contribution < 1.29 is 14.3 Å². The molecule has 1 aromatic heterocycles. The summed E-state index contributed by atoms with van der Waals surface area (Å²) in [4.78, 5) is 31.7. The van der Waals surface area contributed by atoms with E-state index in [2.05, 4.69) is 10.3 Å². The zero-order valence-electron chi connectivity index (χ0n) is 13.3. The summed E-state index contributed by atoms with van der Waals surface area (Å²) in [5.74, 6) is 0.941. The number of anilines is 2. The number of nitrogens with one attached hydrogen (secondary N) is 1. The summed E-state index contributed by atoms with van der Waals surface area (Å²) < 4.78 is 5.12. The van der Waals surface area contributed by atoms with Crippen LogP contribution in [0.25, 0.3) is 0 Å². The van der Waals surface area contributed by atoms with Crippen LogP contribution in [0.4, 0.5) is 16.3 Å². The minimum atomic E-state index is -0.265. The van der Waals surface area contributed by atoms with Crippen LogP contribution < -0.4 is 15.0 Å². The number of hydrogen-bond acceptors (Lipinski definition) is 4. The molecular formula is C17H18N4O3. The summed E-state index contributed by atoms with van der Waals surface area (Å²) >= 11 is 0. The smallest absolute Gasteiger partial charge is 0.325 e. The van der Waals surface area contributed by atoms with E-state index in [-0.39, 0.29) is 18.5 Å². The van der Waals surface area contributed by atoms with Crippen molar-refractivity contribution >= 4 is 23.4 Å². The Balaban J connectivity index is 1.60. The van der Waals surface area contributed by atoms with E-state index in [0.717, 1.165) is 11.4 Å². The van der Waals surface area contributed by atoms with Crippen LogP contribution in [0.15, 0.2) is 48.7 Å². The second-order valence-electron chi connectivity index (χ2n) is 5.32. The van der Waals surface area contributed by atoms with Gasteiger partial charge in [0.1, 0.15) is 18.1 Å². The lowest BCUT2D eigenvalue weighted by Gasteiger charge is -2.18. The van der Waals surface area contributed by atoms with Crippen molar-refractivity contribution in [1.29, 1.82) is 0 Å². The molecule has 1 aliphatic heterocycles. The van der Waals surface area contributed by atoms with Crippen LogP contribution in [0, 0.1) is 0 Å². The fraction of sp³-hybridized carbons (Fsp3) is 0.235. The topological polar surface area (TPSA) is 74.8 Å². The van der Waals surface area contributed by atoms with Crippen LogP contribution in [0.5, 0.6) is 5.75 Å². The van der Waals surface area contributed by atoms with Crippen molar-refractivity contribution in [2.75, 3.05) is 37.0 Å². The molecule has 0 spiro atoms. The van der Waals surface area contributed by atoms with Crippen LogP contribution in [0.1, 0.15) is 0 Å². The van der Waals surface area contributed by atoms with Gasteiger partial charge in [-0.1, -0.05) is 6.07 Å². The molecule has 1 saturated heterocycles. The first-order valence-electron chi connectivity index (χ1n) is 7.59. The van der Waals surface area contributed by atoms with E-state index >= 15 is 0 Å². The maximum absolute atomic E-state index is 12.5. The molecule has 0 aliphatic carbocycles. The van der Waals surface area contributed by atoms with Crippen molar-refractivity contribution in [2.24, 2.45) is 0 Å². The van der Waals surface area contributed by atoms with E-state index in [1.54, 1.807) is 48.5 Å². The Bertz CT molecular complexity index is 718. The number of ether oxygens (including phenoxy) is 1. The molecule has 7 heteroatoms. The van der Waals surface area contributed by atoms with Crippen LogP contribution >= 0.6 is 0 Å². The highest BCUT2D eigenvalue weighted by atomic mass is 16.5. The lowest BCUT2D eigenvalue weighted by molar-refractivity contribution is -0.116. The second kappa shape index (κ2) is 6.99. The summed E-state index contributed by atoms with van der Waals surface area (Å²) in [6, 6.07) is 12.3. The van der Waals surface area contributed by atoms with E-state index in [9.17, 15) is 9.59 Å². The molecule has 7 nitrogen and oxygen atoms in total. The van der Waals surface area contributed by atoms with Crippen LogP contribution in [0.3, 0.4) is 0 Å². The van der Waals surface area contributed by atoms with Crippen LogP contribution in [-0.4, -0.2) is 48.6 Å². The van der Waals surface area contributed by atoms with E-state index in [0.29, 0.717) is 18.9 Å². The van der Waals surface area contributed by atoms with Gasteiger partial charge in [-0.25, -0.2) is 9.78 Å². The molecule has 24 heavy (non-hydrogen) atoms. The van der Waals surface area contributed by atoms with Gasteiger partial charge in [0.25, 0.3) is 0 Å². The monoisotopic (exact) mass is 326 g/mol. The van der Waals surface area contributed by atoms with Gasteiger partial charge in [0, 0.05) is 25.0 Å². The van der Waals surface area contributed by atoms with Crippen molar-refractivity contribution in [2.45, 2.75) is 0 Å². The SMILES string of the molecule is COc1ccc(N2CCN(CC(=O)Nc3ccccn3)C2=O)cc1. The van der Waals surface area contributed by atoms with E-state index in [1.807, 2.05) is 12.1 Å². The zero-order chi connectivity index (χ0) is 16.9. The molecular weight excluding hydrogens is 308 g/mol. The maximum atomic E-state index is 12.5. The molecule has 0 bridgehead atoms. The van der Waals surface area contributed by atoms with Crippen molar-refractivity contribution in [3.05, 3.63) is 48.7 Å². The highest BCUT2D eigenvalue weighted by Crippen LogP contribution is 2.23. The van der Waals surface area contributed by atoms with Gasteiger partial charge in [-0.05, 0) is 36.4 Å². The molecule has 2 aromatic rings. The number of nitrogens with zero attached hydrogens (tertiary/aromatic N) is 3. The summed E-state index contributed by atoms with van der Waals surface area (Å²) in [7, 11) is 1.60. The predicted molar refractivity (Wildman–Crippen MR) is 90.2 cm³/mol. The third-order valence-corrected chi connectivity index (χ3v) is 3.75. The van der Waals surface area contributed by atoms with Gasteiger partial charge >= 0.3 is 6.03 Å². The molecule has 2 heterocycles. The summed E-state index contributed by atoms with van der Waals surface area (Å²) in [6.07, 6.45) is 1.60. The Morgan fingerprint density at radius 3 is 2.67 bits per heavy atom. The number of pyridine rings is 1. The summed E-state index contributed by atoms with van der Waals surface area (Å²) in [5, 5.41) is 2.68. The number of benzene rings is 1. The molecule has 1 N–H and O–H groups in total. The number of carbonyl (C=O) groups excluding carboxylic acids is 2. The minimum Gasteiger partial charge on any atom is -0.497 e. The van der Waals surface area contributed by atoms with Gasteiger partial charge in [0.2, 0.25) is 5.91 Å². The van der Waals surface area contributed by atoms with Gasteiger partial charge in [0.05, 0.1) is 7.11 Å². The molecule has 0 unspecified atom stereocenters. The van der Waals surface area contributed by atoms with Crippen LogP contribution in [0.2, 0.25) is 0 Å². The number of amides is 3. The Morgan fingerprint density at radius 1 is 1.21 bits per heavy atom. The average molecular weight is 326 g/mol. The first-order valence-corrected chi connectivity index (χ1v) is 7.59. The molecule has 0 radical (unpaired) electrons. The predicted octanol–water partition coefficient (Wildman–Crippen LogP) is 1.97. The van der Waals surface area contributed by atoms with Gasteiger partial charge in [0.15, 0.2) is 0 Å². The average Bonchev–Trinajstić information content (AvgIpc) is 2.96. The fourth-order valence-electron chi connectivity index (χ4n) is 2.52. The number of aromatic nitrogens is 1. The Morgan fingerprint density at radius 2 is 2.00 bits per heavy atom. The molecule has 0 saturated carbocycles.